The lowest BCUT2D eigenvalue weighted by molar-refractivity contribution is 0.102. The number of fused-ring (bicyclic) bond motifs is 1. The van der Waals surface area contributed by atoms with E-state index in [2.05, 4.69) is 15.5 Å². The fraction of sp³-hybridized carbons (Fsp3) is 0.556. The first-order valence-electron chi connectivity index (χ1n) is 9.48. The van der Waals surface area contributed by atoms with Crippen molar-refractivity contribution in [3.8, 4) is 0 Å². The average Bonchev–Trinajstić information content (AvgIpc) is 3.35. The third-order valence-electron chi connectivity index (χ3n) is 5.34. The van der Waals surface area contributed by atoms with Gasteiger partial charge >= 0.3 is 0 Å². The highest BCUT2D eigenvalue weighted by atomic mass is 32.2. The van der Waals surface area contributed by atoms with E-state index >= 15 is 0 Å². The van der Waals surface area contributed by atoms with Crippen molar-refractivity contribution in [1.29, 1.82) is 0 Å². The maximum atomic E-state index is 12.7. The predicted molar refractivity (Wildman–Crippen MR) is 107 cm³/mol. The molecule has 1 aromatic carbocycles. The van der Waals surface area contributed by atoms with Gasteiger partial charge in [0.1, 0.15) is 0 Å². The first kappa shape index (κ1) is 19.4. The summed E-state index contributed by atoms with van der Waals surface area (Å²) in [4.78, 5) is 12.7. The van der Waals surface area contributed by atoms with Gasteiger partial charge in [-0.3, -0.25) is 9.10 Å². The third-order valence-corrected chi connectivity index (χ3v) is 7.46. The Bertz CT molecular complexity index is 983. The zero-order valence-corrected chi connectivity index (χ0v) is 17.4. The van der Waals surface area contributed by atoms with E-state index in [1.165, 1.54) is 35.2 Å². The molecule has 28 heavy (non-hydrogen) atoms. The van der Waals surface area contributed by atoms with Crippen LogP contribution in [0.4, 0.5) is 5.69 Å². The van der Waals surface area contributed by atoms with E-state index in [0.29, 0.717) is 29.0 Å². The van der Waals surface area contributed by atoms with Crippen molar-refractivity contribution in [3.05, 3.63) is 29.3 Å². The number of Topliss-reactive ketones (excluding diaryl/α,β-unsaturated/α-hetero) is 1. The molecule has 0 radical (unpaired) electrons. The van der Waals surface area contributed by atoms with Crippen molar-refractivity contribution in [3.63, 3.8) is 0 Å². The number of ketones is 1. The van der Waals surface area contributed by atoms with Crippen molar-refractivity contribution < 1.29 is 13.2 Å². The van der Waals surface area contributed by atoms with Crippen LogP contribution in [0, 0.1) is 0 Å². The van der Waals surface area contributed by atoms with Gasteiger partial charge in [-0.05, 0) is 59.9 Å². The van der Waals surface area contributed by atoms with Gasteiger partial charge in [-0.25, -0.2) is 13.1 Å². The van der Waals surface area contributed by atoms with E-state index in [1.54, 1.807) is 12.1 Å². The summed E-state index contributed by atoms with van der Waals surface area (Å²) in [5.41, 5.74) is 2.19. The van der Waals surface area contributed by atoms with E-state index < -0.39 is 10.0 Å². The van der Waals surface area contributed by atoms with Gasteiger partial charge in [0.2, 0.25) is 15.2 Å². The predicted octanol–water partition coefficient (Wildman–Crippen LogP) is 2.48. The summed E-state index contributed by atoms with van der Waals surface area (Å²) in [5, 5.41) is 12.6. The van der Waals surface area contributed by atoms with Crippen LogP contribution in [-0.2, 0) is 16.4 Å². The molecule has 2 aliphatic rings. The molecule has 1 saturated carbocycles. The average molecular weight is 422 g/mol. The SMILES string of the molecule is CS(=O)(=O)N1CCCc2cc(C(=O)CSc3nnnn3C3CCCC3)ccc21. The third kappa shape index (κ3) is 3.93. The van der Waals surface area contributed by atoms with Crippen LogP contribution in [0.5, 0.6) is 0 Å². The zero-order chi connectivity index (χ0) is 19.7. The van der Waals surface area contributed by atoms with Crippen LogP contribution >= 0.6 is 11.8 Å². The highest BCUT2D eigenvalue weighted by molar-refractivity contribution is 7.99. The maximum absolute atomic E-state index is 12.7. The first-order valence-corrected chi connectivity index (χ1v) is 12.3. The smallest absolute Gasteiger partial charge is 0.232 e. The van der Waals surface area contributed by atoms with Gasteiger partial charge < -0.3 is 0 Å². The molecule has 0 N–H and O–H groups in total. The molecular weight excluding hydrogens is 398 g/mol. The number of rotatable bonds is 6. The lowest BCUT2D eigenvalue weighted by atomic mass is 9.99. The summed E-state index contributed by atoms with van der Waals surface area (Å²) in [7, 11) is -3.31. The van der Waals surface area contributed by atoms with E-state index in [-0.39, 0.29) is 11.5 Å². The molecule has 0 bridgehead atoms. The van der Waals surface area contributed by atoms with Crippen LogP contribution in [0.25, 0.3) is 0 Å². The fourth-order valence-electron chi connectivity index (χ4n) is 3.95. The van der Waals surface area contributed by atoms with Gasteiger partial charge in [0, 0.05) is 12.1 Å². The summed E-state index contributed by atoms with van der Waals surface area (Å²) >= 11 is 1.36. The van der Waals surface area contributed by atoms with Gasteiger partial charge in [-0.15, -0.1) is 5.10 Å². The molecular formula is C18H23N5O3S2. The Balaban J connectivity index is 1.47. The van der Waals surface area contributed by atoms with E-state index in [1.807, 2.05) is 10.7 Å². The first-order chi connectivity index (χ1) is 13.4. The molecule has 4 rings (SSSR count). The topological polar surface area (TPSA) is 98.1 Å². The summed E-state index contributed by atoms with van der Waals surface area (Å²) in [6, 6.07) is 5.62. The Hall–Kier alpha value is -1.94. The Morgan fingerprint density at radius 2 is 2.04 bits per heavy atom. The van der Waals surface area contributed by atoms with Gasteiger partial charge in [-0.2, -0.15) is 0 Å². The molecule has 150 valence electrons. The molecule has 10 heteroatoms. The molecule has 1 aliphatic carbocycles. The zero-order valence-electron chi connectivity index (χ0n) is 15.7. The largest absolute Gasteiger partial charge is 0.293 e. The normalized spacial score (nSPS) is 17.7. The van der Waals surface area contributed by atoms with Gasteiger partial charge in [-0.1, -0.05) is 24.6 Å². The molecule has 2 aromatic rings. The number of carbonyl (C=O) groups is 1. The van der Waals surface area contributed by atoms with Gasteiger partial charge in [0.05, 0.1) is 23.7 Å². The number of nitrogens with zero attached hydrogens (tertiary/aromatic N) is 5. The molecule has 8 nitrogen and oxygen atoms in total. The minimum atomic E-state index is -3.31. The number of tetrazole rings is 1. The lowest BCUT2D eigenvalue weighted by Crippen LogP contribution is -2.34. The number of thioether (sulfide) groups is 1. The van der Waals surface area contributed by atoms with Crippen LogP contribution in [0.3, 0.4) is 0 Å². The summed E-state index contributed by atoms with van der Waals surface area (Å²) in [6.45, 7) is 0.485. The Labute approximate surface area is 168 Å². The second-order valence-corrected chi connectivity index (χ2v) is 10.2. The van der Waals surface area contributed by atoms with Crippen molar-refractivity contribution in [2.45, 2.75) is 49.7 Å². The van der Waals surface area contributed by atoms with Crippen LogP contribution in [-0.4, -0.2) is 53.0 Å². The molecule has 0 saturated heterocycles. The van der Waals surface area contributed by atoms with Crippen LogP contribution < -0.4 is 4.31 Å². The number of benzene rings is 1. The quantitative estimate of drug-likeness (QED) is 0.522. The second kappa shape index (κ2) is 7.82. The molecule has 0 amide bonds. The molecule has 1 fully saturated rings. The van der Waals surface area contributed by atoms with Gasteiger partial charge in [0.25, 0.3) is 0 Å². The summed E-state index contributed by atoms with van der Waals surface area (Å²) in [6.07, 6.45) is 7.27. The standard InChI is InChI=1S/C18H23N5O3S2/c1-28(25,26)22-10-4-5-13-11-14(8-9-16(13)22)17(24)12-27-18-19-20-21-23(18)15-6-2-3-7-15/h8-9,11,15H,2-7,10,12H2,1H3. The van der Waals surface area contributed by atoms with Crippen molar-refractivity contribution in [1.82, 2.24) is 20.2 Å². The van der Waals surface area contributed by atoms with Crippen molar-refractivity contribution >= 4 is 33.3 Å². The van der Waals surface area contributed by atoms with Gasteiger partial charge in [0.15, 0.2) is 5.78 Å². The minimum absolute atomic E-state index is 0.00903. The van der Waals surface area contributed by atoms with Crippen molar-refractivity contribution in [2.24, 2.45) is 0 Å². The number of carbonyl (C=O) groups excluding carboxylic acids is 1. The molecule has 0 atom stereocenters. The molecule has 1 aliphatic heterocycles. The lowest BCUT2D eigenvalue weighted by Gasteiger charge is -2.29. The fourth-order valence-corrected chi connectivity index (χ4v) is 5.79. The van der Waals surface area contributed by atoms with E-state index in [0.717, 1.165) is 31.2 Å². The molecule has 1 aromatic heterocycles. The summed E-state index contributed by atoms with van der Waals surface area (Å²) in [5.74, 6) is 0.243. The molecule has 0 unspecified atom stereocenters. The van der Waals surface area contributed by atoms with Crippen LogP contribution in [0.2, 0.25) is 0 Å². The molecule has 2 heterocycles. The van der Waals surface area contributed by atoms with E-state index in [4.69, 9.17) is 0 Å². The van der Waals surface area contributed by atoms with Crippen molar-refractivity contribution in [2.75, 3.05) is 22.9 Å². The number of aromatic nitrogens is 4. The second-order valence-electron chi connectivity index (χ2n) is 7.34. The number of hydrogen-bond donors (Lipinski definition) is 0. The Morgan fingerprint density at radius 1 is 1.25 bits per heavy atom. The monoisotopic (exact) mass is 421 g/mol. The Kier molecular flexibility index (Phi) is 5.42. The van der Waals surface area contributed by atoms with E-state index in [9.17, 15) is 13.2 Å². The minimum Gasteiger partial charge on any atom is -0.293 e. The number of hydrogen-bond acceptors (Lipinski definition) is 7. The Morgan fingerprint density at radius 3 is 2.79 bits per heavy atom. The molecule has 0 spiro atoms. The highest BCUT2D eigenvalue weighted by Crippen LogP contribution is 2.32. The number of sulfonamides is 1. The van der Waals surface area contributed by atoms with Crippen LogP contribution in [0.15, 0.2) is 23.4 Å². The van der Waals surface area contributed by atoms with Crippen LogP contribution in [0.1, 0.15) is 54.1 Å². The maximum Gasteiger partial charge on any atom is 0.232 e. The number of anilines is 1. The summed E-state index contributed by atoms with van der Waals surface area (Å²) < 4.78 is 27.2. The highest BCUT2D eigenvalue weighted by Gasteiger charge is 2.25. The number of aryl methyl sites for hydroxylation is 1.